The molecule has 1 heterocycles. The number of morpholine rings is 1. The van der Waals surface area contributed by atoms with Crippen LogP contribution >= 0.6 is 0 Å². The van der Waals surface area contributed by atoms with E-state index in [2.05, 4.69) is 4.90 Å². The fraction of sp³-hybridized carbons (Fsp3) is 0.720. The third-order valence-corrected chi connectivity index (χ3v) is 7.94. The van der Waals surface area contributed by atoms with Gasteiger partial charge in [-0.3, -0.25) is 4.90 Å². The third-order valence-electron chi connectivity index (χ3n) is 7.94. The second kappa shape index (κ2) is 9.27. The summed E-state index contributed by atoms with van der Waals surface area (Å²) in [6.07, 6.45) is 6.70. The van der Waals surface area contributed by atoms with E-state index in [-0.39, 0.29) is 11.2 Å². The number of ether oxygens (including phenoxy) is 4. The molecule has 176 valence electrons. The minimum Gasteiger partial charge on any atom is -0.461 e. The number of carbonyl (C=O) groups excluding carboxylic acids is 1. The van der Waals surface area contributed by atoms with Crippen LogP contribution in [0.4, 0.5) is 4.39 Å². The van der Waals surface area contributed by atoms with Crippen LogP contribution in [0.2, 0.25) is 0 Å². The Hall–Kier alpha value is -1.70. The normalized spacial score (nSPS) is 32.6. The van der Waals surface area contributed by atoms with Gasteiger partial charge >= 0.3 is 5.97 Å². The molecule has 32 heavy (non-hydrogen) atoms. The van der Waals surface area contributed by atoms with E-state index in [0.717, 1.165) is 50.1 Å². The molecule has 5 aliphatic rings. The summed E-state index contributed by atoms with van der Waals surface area (Å²) in [5.74, 6) is 1.32. The number of methoxy groups -OCH3 is 1. The molecule has 0 radical (unpaired) electrons. The van der Waals surface area contributed by atoms with Crippen LogP contribution < -0.4 is 4.74 Å². The zero-order valence-corrected chi connectivity index (χ0v) is 18.9. The Labute approximate surface area is 189 Å². The number of hydrogen-bond donors (Lipinski definition) is 0. The van der Waals surface area contributed by atoms with Crippen molar-refractivity contribution in [2.24, 2.45) is 23.2 Å². The van der Waals surface area contributed by atoms with Crippen LogP contribution in [-0.2, 0) is 14.2 Å². The van der Waals surface area contributed by atoms with Crippen molar-refractivity contribution in [2.75, 3.05) is 46.6 Å². The molecule has 0 aromatic heterocycles. The molecule has 0 amide bonds. The molecule has 7 heteroatoms. The Balaban J connectivity index is 1.23. The van der Waals surface area contributed by atoms with Crippen LogP contribution in [0.1, 0.15) is 48.9 Å². The van der Waals surface area contributed by atoms with Gasteiger partial charge in [0.2, 0.25) is 6.29 Å². The highest BCUT2D eigenvalue weighted by atomic mass is 19.1. The molecule has 1 unspecified atom stereocenters. The van der Waals surface area contributed by atoms with E-state index in [1.54, 1.807) is 7.11 Å². The van der Waals surface area contributed by atoms with E-state index < -0.39 is 18.1 Å². The summed E-state index contributed by atoms with van der Waals surface area (Å²) < 4.78 is 37.3. The highest BCUT2D eigenvalue weighted by Crippen LogP contribution is 2.61. The Morgan fingerprint density at radius 2 is 1.81 bits per heavy atom. The van der Waals surface area contributed by atoms with Gasteiger partial charge in [0.05, 0.1) is 18.8 Å². The fourth-order valence-electron chi connectivity index (χ4n) is 6.90. The van der Waals surface area contributed by atoms with Crippen LogP contribution in [0.15, 0.2) is 18.2 Å². The van der Waals surface area contributed by atoms with Gasteiger partial charge in [-0.25, -0.2) is 9.18 Å². The van der Waals surface area contributed by atoms with Gasteiger partial charge in [0.25, 0.3) is 0 Å². The molecule has 1 atom stereocenters. The molecule has 0 spiro atoms. The van der Waals surface area contributed by atoms with Crippen molar-refractivity contribution in [2.45, 2.75) is 44.8 Å². The van der Waals surface area contributed by atoms with Gasteiger partial charge in [-0.2, -0.15) is 0 Å². The topological polar surface area (TPSA) is 57.2 Å². The summed E-state index contributed by atoms with van der Waals surface area (Å²) in [5, 5.41) is 0. The summed E-state index contributed by atoms with van der Waals surface area (Å²) in [6.45, 7) is 4.05. The molecule has 6 rings (SSSR count). The Kier molecular flexibility index (Phi) is 6.41. The van der Waals surface area contributed by atoms with Gasteiger partial charge < -0.3 is 18.9 Å². The largest absolute Gasteiger partial charge is 0.461 e. The molecule has 1 aliphatic heterocycles. The number of esters is 1. The molecule has 4 aliphatic carbocycles. The predicted molar refractivity (Wildman–Crippen MR) is 116 cm³/mol. The molecular formula is C25H34FNO5. The quantitative estimate of drug-likeness (QED) is 0.445. The average molecular weight is 448 g/mol. The maximum absolute atomic E-state index is 14.6. The van der Waals surface area contributed by atoms with Gasteiger partial charge in [-0.05, 0) is 74.5 Å². The number of halogens is 1. The summed E-state index contributed by atoms with van der Waals surface area (Å²) in [7, 11) is 1.64. The van der Waals surface area contributed by atoms with Crippen molar-refractivity contribution < 1.29 is 28.1 Å². The first-order chi connectivity index (χ1) is 15.5. The van der Waals surface area contributed by atoms with Crippen molar-refractivity contribution in [3.8, 4) is 5.75 Å². The molecule has 1 aromatic carbocycles. The first-order valence-corrected chi connectivity index (χ1v) is 12.0. The molecule has 4 saturated carbocycles. The number of nitrogens with zero attached hydrogens (tertiary/aromatic N) is 1. The van der Waals surface area contributed by atoms with Gasteiger partial charge in [-0.15, -0.1) is 0 Å². The van der Waals surface area contributed by atoms with Gasteiger partial charge in [-0.1, -0.05) is 0 Å². The van der Waals surface area contributed by atoms with Crippen molar-refractivity contribution in [1.82, 2.24) is 4.90 Å². The SMILES string of the molecule is COC(Oc1cc(C(=O)OCCN2CCOCC2)ccc1F)C12CC3CC(CC(C3)C1)C2. The third kappa shape index (κ3) is 4.52. The molecule has 1 saturated heterocycles. The maximum atomic E-state index is 14.6. The highest BCUT2D eigenvalue weighted by Gasteiger charge is 2.55. The lowest BCUT2D eigenvalue weighted by Gasteiger charge is -2.58. The van der Waals surface area contributed by atoms with Crippen LogP contribution in [0.5, 0.6) is 5.75 Å². The van der Waals surface area contributed by atoms with Gasteiger partial charge in [0.1, 0.15) is 6.61 Å². The van der Waals surface area contributed by atoms with Crippen molar-refractivity contribution >= 4 is 5.97 Å². The summed E-state index contributed by atoms with van der Waals surface area (Å²) in [4.78, 5) is 14.8. The van der Waals surface area contributed by atoms with Crippen molar-refractivity contribution in [3.63, 3.8) is 0 Å². The Morgan fingerprint density at radius 1 is 1.16 bits per heavy atom. The van der Waals surface area contributed by atoms with E-state index in [0.29, 0.717) is 31.9 Å². The standard InChI is InChI=1S/C25H34FNO5/c1-29-24(25-14-17-10-18(15-25)12-19(11-17)16-25)32-22-13-20(2-3-21(22)26)23(28)31-9-6-27-4-7-30-8-5-27/h2-3,13,17-19,24H,4-12,14-16H2,1H3. The summed E-state index contributed by atoms with van der Waals surface area (Å²) >= 11 is 0. The van der Waals surface area contributed by atoms with E-state index in [9.17, 15) is 9.18 Å². The zero-order valence-electron chi connectivity index (χ0n) is 18.9. The number of rotatable bonds is 8. The highest BCUT2D eigenvalue weighted by molar-refractivity contribution is 5.89. The number of carbonyl (C=O) groups is 1. The summed E-state index contributed by atoms with van der Waals surface area (Å²) in [5.41, 5.74) is 0.244. The first kappa shape index (κ1) is 22.1. The first-order valence-electron chi connectivity index (χ1n) is 12.0. The van der Waals surface area contributed by atoms with E-state index >= 15 is 0 Å². The molecule has 4 bridgehead atoms. The lowest BCUT2D eigenvalue weighted by atomic mass is 9.49. The second-order valence-electron chi connectivity index (χ2n) is 10.2. The molecule has 5 fully saturated rings. The van der Waals surface area contributed by atoms with E-state index in [1.165, 1.54) is 37.5 Å². The number of hydrogen-bond acceptors (Lipinski definition) is 6. The van der Waals surface area contributed by atoms with Crippen LogP contribution in [0.3, 0.4) is 0 Å². The lowest BCUT2D eigenvalue weighted by molar-refractivity contribution is -0.204. The Morgan fingerprint density at radius 3 is 2.44 bits per heavy atom. The van der Waals surface area contributed by atoms with E-state index in [1.807, 2.05) is 0 Å². The minimum atomic E-state index is -0.502. The van der Waals surface area contributed by atoms with Crippen LogP contribution in [-0.4, -0.2) is 63.7 Å². The molecule has 6 nitrogen and oxygen atoms in total. The average Bonchev–Trinajstić information content (AvgIpc) is 2.78. The van der Waals surface area contributed by atoms with E-state index in [4.69, 9.17) is 18.9 Å². The fourth-order valence-corrected chi connectivity index (χ4v) is 6.90. The number of benzene rings is 1. The second-order valence-corrected chi connectivity index (χ2v) is 10.2. The van der Waals surface area contributed by atoms with Crippen LogP contribution in [0.25, 0.3) is 0 Å². The molecule has 1 aromatic rings. The van der Waals surface area contributed by atoms with Crippen LogP contribution in [0, 0.1) is 29.0 Å². The van der Waals surface area contributed by atoms with Crippen molar-refractivity contribution in [1.29, 1.82) is 0 Å². The van der Waals surface area contributed by atoms with Gasteiger partial charge in [0.15, 0.2) is 11.6 Å². The minimum absolute atomic E-state index is 0.0510. The lowest BCUT2D eigenvalue weighted by Crippen LogP contribution is -2.54. The maximum Gasteiger partial charge on any atom is 0.338 e. The van der Waals surface area contributed by atoms with Gasteiger partial charge in [0, 0.05) is 32.2 Å². The zero-order chi connectivity index (χ0) is 22.1. The monoisotopic (exact) mass is 447 g/mol. The summed E-state index contributed by atoms with van der Waals surface area (Å²) in [6, 6.07) is 4.19. The molecular weight excluding hydrogens is 413 g/mol. The smallest absolute Gasteiger partial charge is 0.338 e. The molecule has 0 N–H and O–H groups in total. The Bertz CT molecular complexity index is 789. The predicted octanol–water partition coefficient (Wildman–Crippen LogP) is 3.88. The van der Waals surface area contributed by atoms with Crippen molar-refractivity contribution in [3.05, 3.63) is 29.6 Å².